The molecule has 0 saturated heterocycles. The smallest absolute Gasteiger partial charge is 0.323 e. The molecule has 1 aromatic heterocycles. The molecule has 9 nitrogen and oxygen atoms in total. The van der Waals surface area contributed by atoms with Crippen LogP contribution in [-0.2, 0) is 22.1 Å². The SMILES string of the molecule is Cc1c(NC(=O)c2ccc3c(c2)C(c2ccccc2)(c2ccccc2)C(=O)N3CC(=O)O)c(=O)n(-c2ccccc2)n1C. The second kappa shape index (κ2) is 10.6. The third-order valence-corrected chi connectivity index (χ3v) is 8.02. The van der Waals surface area contributed by atoms with Crippen molar-refractivity contribution in [2.75, 3.05) is 16.8 Å². The first kappa shape index (κ1) is 27.5. The summed E-state index contributed by atoms with van der Waals surface area (Å²) >= 11 is 0. The number of carboxylic acid groups (broad SMARTS) is 1. The van der Waals surface area contributed by atoms with E-state index in [2.05, 4.69) is 5.32 Å². The molecule has 0 bridgehead atoms. The van der Waals surface area contributed by atoms with Crippen LogP contribution >= 0.6 is 0 Å². The minimum absolute atomic E-state index is 0.137. The summed E-state index contributed by atoms with van der Waals surface area (Å²) in [6, 6.07) is 32.1. The lowest BCUT2D eigenvalue weighted by Gasteiger charge is -2.30. The number of nitrogens with one attached hydrogen (secondary N) is 1. The predicted molar refractivity (Wildman–Crippen MR) is 163 cm³/mol. The van der Waals surface area contributed by atoms with Gasteiger partial charge in [0.05, 0.1) is 11.4 Å². The van der Waals surface area contributed by atoms with Gasteiger partial charge in [-0.05, 0) is 48.4 Å². The summed E-state index contributed by atoms with van der Waals surface area (Å²) in [7, 11) is 1.74. The molecule has 6 rings (SSSR count). The summed E-state index contributed by atoms with van der Waals surface area (Å²) in [4.78, 5) is 54.7. The van der Waals surface area contributed by atoms with Crippen molar-refractivity contribution in [1.82, 2.24) is 9.36 Å². The number of anilines is 2. The van der Waals surface area contributed by atoms with Gasteiger partial charge < -0.3 is 10.4 Å². The van der Waals surface area contributed by atoms with Gasteiger partial charge in [-0.3, -0.25) is 28.8 Å². The summed E-state index contributed by atoms with van der Waals surface area (Å²) in [5.41, 5.74) is 1.96. The minimum Gasteiger partial charge on any atom is -0.480 e. The Morgan fingerprint density at radius 2 is 1.37 bits per heavy atom. The van der Waals surface area contributed by atoms with Crippen molar-refractivity contribution >= 4 is 29.2 Å². The van der Waals surface area contributed by atoms with Gasteiger partial charge in [-0.15, -0.1) is 0 Å². The zero-order chi connectivity index (χ0) is 30.3. The van der Waals surface area contributed by atoms with Gasteiger partial charge in [0, 0.05) is 23.9 Å². The van der Waals surface area contributed by atoms with Gasteiger partial charge in [0.1, 0.15) is 17.6 Å². The highest BCUT2D eigenvalue weighted by molar-refractivity contribution is 6.15. The van der Waals surface area contributed by atoms with Crippen molar-refractivity contribution < 1.29 is 19.5 Å². The largest absolute Gasteiger partial charge is 0.480 e. The predicted octanol–water partition coefficient (Wildman–Crippen LogP) is 4.50. The average Bonchev–Trinajstić information content (AvgIpc) is 3.39. The maximum Gasteiger partial charge on any atom is 0.323 e. The van der Waals surface area contributed by atoms with Crippen LogP contribution in [0.15, 0.2) is 114 Å². The first-order chi connectivity index (χ1) is 20.7. The summed E-state index contributed by atoms with van der Waals surface area (Å²) in [5.74, 6) is -2.12. The van der Waals surface area contributed by atoms with E-state index in [1.807, 2.05) is 78.9 Å². The third-order valence-electron chi connectivity index (χ3n) is 8.02. The molecule has 0 unspecified atom stereocenters. The molecular formula is C34H28N4O5. The molecular weight excluding hydrogens is 544 g/mol. The average molecular weight is 573 g/mol. The number of carboxylic acids is 1. The number of amides is 2. The summed E-state index contributed by atoms with van der Waals surface area (Å²) in [6.07, 6.45) is 0. The fraction of sp³-hybridized carbons (Fsp3) is 0.118. The Labute approximate surface area is 247 Å². The molecule has 0 fully saturated rings. The van der Waals surface area contributed by atoms with Crippen LogP contribution in [0.2, 0.25) is 0 Å². The molecule has 2 N–H and O–H groups in total. The topological polar surface area (TPSA) is 114 Å². The Morgan fingerprint density at radius 1 is 0.814 bits per heavy atom. The molecule has 2 heterocycles. The Morgan fingerprint density at radius 3 is 1.93 bits per heavy atom. The lowest BCUT2D eigenvalue weighted by molar-refractivity contribution is -0.136. The summed E-state index contributed by atoms with van der Waals surface area (Å²) in [6.45, 7) is 1.21. The normalized spacial score (nSPS) is 13.5. The highest BCUT2D eigenvalue weighted by atomic mass is 16.4. The van der Waals surface area contributed by atoms with Crippen LogP contribution < -0.4 is 15.8 Å². The number of benzene rings is 4. The van der Waals surface area contributed by atoms with Crippen LogP contribution in [0.4, 0.5) is 11.4 Å². The van der Waals surface area contributed by atoms with E-state index in [1.165, 1.54) is 15.6 Å². The van der Waals surface area contributed by atoms with Gasteiger partial charge in [0.25, 0.3) is 11.5 Å². The first-order valence-corrected chi connectivity index (χ1v) is 13.7. The zero-order valence-electron chi connectivity index (χ0n) is 23.5. The Bertz CT molecular complexity index is 1890. The first-order valence-electron chi connectivity index (χ1n) is 13.7. The molecule has 0 aliphatic carbocycles. The van der Waals surface area contributed by atoms with Crippen LogP contribution in [0.3, 0.4) is 0 Å². The number of fused-ring (bicyclic) bond motifs is 1. The van der Waals surface area contributed by atoms with Gasteiger partial charge in [-0.2, -0.15) is 0 Å². The number of rotatable bonds is 7. The van der Waals surface area contributed by atoms with Crippen LogP contribution in [-0.4, -0.2) is 38.8 Å². The highest BCUT2D eigenvalue weighted by Gasteiger charge is 2.54. The Kier molecular flexibility index (Phi) is 6.78. The molecule has 0 saturated carbocycles. The van der Waals surface area contributed by atoms with Crippen molar-refractivity contribution in [3.05, 3.63) is 147 Å². The van der Waals surface area contributed by atoms with Crippen LogP contribution in [0.1, 0.15) is 32.7 Å². The number of hydrogen-bond donors (Lipinski definition) is 2. The van der Waals surface area contributed by atoms with Gasteiger partial charge in [-0.1, -0.05) is 78.9 Å². The number of aromatic nitrogens is 2. The van der Waals surface area contributed by atoms with Crippen molar-refractivity contribution in [2.24, 2.45) is 7.05 Å². The van der Waals surface area contributed by atoms with E-state index in [0.717, 1.165) is 0 Å². The minimum atomic E-state index is -1.40. The monoisotopic (exact) mass is 572 g/mol. The maximum absolute atomic E-state index is 14.4. The fourth-order valence-corrected chi connectivity index (χ4v) is 5.93. The van der Waals surface area contributed by atoms with Crippen molar-refractivity contribution in [2.45, 2.75) is 12.3 Å². The quantitative estimate of drug-likeness (QED) is 0.298. The van der Waals surface area contributed by atoms with Gasteiger partial charge in [-0.25, -0.2) is 4.68 Å². The van der Waals surface area contributed by atoms with Gasteiger partial charge in [0.2, 0.25) is 5.91 Å². The van der Waals surface area contributed by atoms with E-state index in [0.29, 0.717) is 33.8 Å². The molecule has 43 heavy (non-hydrogen) atoms. The zero-order valence-corrected chi connectivity index (χ0v) is 23.5. The molecule has 214 valence electrons. The van der Waals surface area contributed by atoms with Gasteiger partial charge in [0.15, 0.2) is 0 Å². The van der Waals surface area contributed by atoms with E-state index in [4.69, 9.17) is 0 Å². The fourth-order valence-electron chi connectivity index (χ4n) is 5.93. The number of para-hydroxylation sites is 1. The molecule has 5 aromatic rings. The molecule has 1 aliphatic heterocycles. The second-order valence-corrected chi connectivity index (χ2v) is 10.4. The van der Waals surface area contributed by atoms with Crippen molar-refractivity contribution in [3.63, 3.8) is 0 Å². The molecule has 1 aliphatic rings. The van der Waals surface area contributed by atoms with E-state index in [-0.39, 0.29) is 16.8 Å². The molecule has 0 spiro atoms. The van der Waals surface area contributed by atoms with Crippen molar-refractivity contribution in [3.8, 4) is 5.69 Å². The van der Waals surface area contributed by atoms with Crippen LogP contribution in [0, 0.1) is 6.92 Å². The molecule has 0 atom stereocenters. The number of carbonyl (C=O) groups excluding carboxylic acids is 2. The number of hydrogen-bond acceptors (Lipinski definition) is 4. The van der Waals surface area contributed by atoms with E-state index in [9.17, 15) is 24.3 Å². The van der Waals surface area contributed by atoms with Gasteiger partial charge >= 0.3 is 5.97 Å². The second-order valence-electron chi connectivity index (χ2n) is 10.4. The van der Waals surface area contributed by atoms with E-state index < -0.39 is 29.7 Å². The highest BCUT2D eigenvalue weighted by Crippen LogP contribution is 2.50. The van der Waals surface area contributed by atoms with Crippen LogP contribution in [0.25, 0.3) is 5.69 Å². The van der Waals surface area contributed by atoms with E-state index >= 15 is 0 Å². The third kappa shape index (κ3) is 4.33. The molecule has 4 aromatic carbocycles. The molecule has 2 amide bonds. The molecule has 0 radical (unpaired) electrons. The lowest BCUT2D eigenvalue weighted by atomic mass is 9.70. The van der Waals surface area contributed by atoms with Crippen molar-refractivity contribution in [1.29, 1.82) is 0 Å². The lowest BCUT2D eigenvalue weighted by Crippen LogP contribution is -2.44. The number of aliphatic carboxylic acids is 1. The molecule has 9 heteroatoms. The Hall–Kier alpha value is -5.70. The standard InChI is InChI=1S/C34H28N4O5/c1-22-30(32(42)38(36(22)2)26-16-10-5-11-17-26)35-31(41)23-18-19-28-27(20-23)34(24-12-6-3-7-13-24,25-14-8-4-9-15-25)33(43)37(28)21-29(39)40/h3-20H,21H2,1-2H3,(H,35,41)(H,39,40). The number of nitrogens with zero attached hydrogens (tertiary/aromatic N) is 3. The Balaban J connectivity index is 1.50. The summed E-state index contributed by atoms with van der Waals surface area (Å²) in [5, 5.41) is 12.5. The van der Waals surface area contributed by atoms with E-state index in [1.54, 1.807) is 42.9 Å². The summed E-state index contributed by atoms with van der Waals surface area (Å²) < 4.78 is 3.15. The van der Waals surface area contributed by atoms with Crippen LogP contribution in [0.5, 0.6) is 0 Å². The maximum atomic E-state index is 14.4. The number of carbonyl (C=O) groups is 3.